The third kappa shape index (κ3) is 5.24. The van der Waals surface area contributed by atoms with Gasteiger partial charge >= 0.3 is 12.0 Å². The lowest BCUT2D eigenvalue weighted by Crippen LogP contribution is -2.49. The number of carbonyl (C=O) groups excluding carboxylic acids is 1. The Kier molecular flexibility index (Phi) is 3.55. The van der Waals surface area contributed by atoms with Gasteiger partial charge in [-0.3, -0.25) is 4.79 Å². The molecule has 0 atom stereocenters. The van der Waals surface area contributed by atoms with Crippen molar-refractivity contribution in [3.8, 4) is 0 Å². The van der Waals surface area contributed by atoms with E-state index in [1.54, 1.807) is 13.8 Å². The third-order valence-corrected chi connectivity index (χ3v) is 2.29. The van der Waals surface area contributed by atoms with Gasteiger partial charge in [0, 0.05) is 12.1 Å². The SMILES string of the molecule is CC(C)(CC(=O)O)NC(=O)NCC1CC1. The summed E-state index contributed by atoms with van der Waals surface area (Å²) >= 11 is 0. The van der Waals surface area contributed by atoms with E-state index >= 15 is 0 Å². The van der Waals surface area contributed by atoms with Crippen molar-refractivity contribution in [1.82, 2.24) is 10.6 Å². The molecule has 0 spiro atoms. The summed E-state index contributed by atoms with van der Waals surface area (Å²) in [5, 5.41) is 14.0. The van der Waals surface area contributed by atoms with Crippen LogP contribution in [-0.4, -0.2) is 29.2 Å². The summed E-state index contributed by atoms with van der Waals surface area (Å²) in [6.45, 7) is 4.07. The average molecular weight is 214 g/mol. The van der Waals surface area contributed by atoms with Crippen LogP contribution in [0.3, 0.4) is 0 Å². The Labute approximate surface area is 89.2 Å². The highest BCUT2D eigenvalue weighted by atomic mass is 16.4. The Bertz CT molecular complexity index is 259. The van der Waals surface area contributed by atoms with E-state index in [0.29, 0.717) is 12.5 Å². The highest BCUT2D eigenvalue weighted by molar-refractivity contribution is 5.76. The van der Waals surface area contributed by atoms with Gasteiger partial charge in [0.25, 0.3) is 0 Å². The first-order valence-electron chi connectivity index (χ1n) is 5.17. The van der Waals surface area contributed by atoms with E-state index in [0.717, 1.165) is 0 Å². The zero-order valence-corrected chi connectivity index (χ0v) is 9.17. The molecule has 0 aromatic carbocycles. The molecule has 1 fully saturated rings. The second-order valence-electron chi connectivity index (χ2n) is 4.73. The number of urea groups is 1. The maximum absolute atomic E-state index is 11.4. The van der Waals surface area contributed by atoms with E-state index < -0.39 is 11.5 Å². The van der Waals surface area contributed by atoms with Crippen LogP contribution in [-0.2, 0) is 4.79 Å². The Morgan fingerprint density at radius 1 is 1.40 bits per heavy atom. The Balaban J connectivity index is 2.24. The standard InChI is InChI=1S/C10H18N2O3/c1-10(2,5-8(13)14)12-9(15)11-6-7-3-4-7/h7H,3-6H2,1-2H3,(H,13,14)(H2,11,12,15). The van der Waals surface area contributed by atoms with Crippen molar-refractivity contribution in [2.24, 2.45) is 5.92 Å². The third-order valence-electron chi connectivity index (χ3n) is 2.29. The minimum absolute atomic E-state index is 0.0795. The van der Waals surface area contributed by atoms with Crippen LogP contribution in [0.25, 0.3) is 0 Å². The van der Waals surface area contributed by atoms with E-state index in [1.807, 2.05) is 0 Å². The molecule has 1 aliphatic rings. The number of hydrogen-bond donors (Lipinski definition) is 3. The summed E-state index contributed by atoms with van der Waals surface area (Å²) in [6, 6.07) is -0.284. The molecular weight excluding hydrogens is 196 g/mol. The van der Waals surface area contributed by atoms with E-state index in [4.69, 9.17) is 5.11 Å². The summed E-state index contributed by atoms with van der Waals surface area (Å²) in [7, 11) is 0. The fourth-order valence-corrected chi connectivity index (χ4v) is 1.33. The molecule has 1 saturated carbocycles. The molecule has 0 unspecified atom stereocenters. The van der Waals surface area contributed by atoms with Crippen molar-refractivity contribution in [2.75, 3.05) is 6.54 Å². The minimum atomic E-state index is -0.914. The number of carbonyl (C=O) groups is 2. The number of aliphatic carboxylic acids is 1. The van der Waals surface area contributed by atoms with Crippen molar-refractivity contribution in [3.05, 3.63) is 0 Å². The monoisotopic (exact) mass is 214 g/mol. The summed E-state index contributed by atoms with van der Waals surface area (Å²) in [6.07, 6.45) is 2.28. The predicted molar refractivity (Wildman–Crippen MR) is 55.6 cm³/mol. The number of carboxylic acid groups (broad SMARTS) is 1. The molecule has 0 radical (unpaired) electrons. The molecule has 0 aliphatic heterocycles. The molecule has 2 amide bonds. The molecule has 0 saturated heterocycles. The van der Waals surface area contributed by atoms with Gasteiger partial charge in [0.05, 0.1) is 6.42 Å². The highest BCUT2D eigenvalue weighted by Gasteiger charge is 2.25. The van der Waals surface area contributed by atoms with Crippen LogP contribution >= 0.6 is 0 Å². The molecule has 0 bridgehead atoms. The van der Waals surface area contributed by atoms with Gasteiger partial charge < -0.3 is 15.7 Å². The predicted octanol–water partition coefficient (Wildman–Crippen LogP) is 0.949. The minimum Gasteiger partial charge on any atom is -0.481 e. The summed E-state index contributed by atoms with van der Waals surface area (Å²) < 4.78 is 0. The van der Waals surface area contributed by atoms with Crippen molar-refractivity contribution >= 4 is 12.0 Å². The zero-order chi connectivity index (χ0) is 11.5. The first-order chi connectivity index (χ1) is 6.89. The van der Waals surface area contributed by atoms with E-state index in [1.165, 1.54) is 12.8 Å². The topological polar surface area (TPSA) is 78.4 Å². The number of nitrogens with one attached hydrogen (secondary N) is 2. The van der Waals surface area contributed by atoms with Gasteiger partial charge in [-0.15, -0.1) is 0 Å². The fourth-order valence-electron chi connectivity index (χ4n) is 1.33. The lowest BCUT2D eigenvalue weighted by molar-refractivity contribution is -0.138. The smallest absolute Gasteiger partial charge is 0.315 e. The van der Waals surface area contributed by atoms with E-state index in [2.05, 4.69) is 10.6 Å². The number of carboxylic acids is 1. The summed E-state index contributed by atoms with van der Waals surface area (Å²) in [4.78, 5) is 21.9. The van der Waals surface area contributed by atoms with Crippen molar-refractivity contribution in [1.29, 1.82) is 0 Å². The van der Waals surface area contributed by atoms with Gasteiger partial charge in [-0.05, 0) is 32.6 Å². The van der Waals surface area contributed by atoms with Gasteiger partial charge in [0.1, 0.15) is 0 Å². The Morgan fingerprint density at radius 3 is 2.47 bits per heavy atom. The van der Waals surface area contributed by atoms with Crippen molar-refractivity contribution in [3.63, 3.8) is 0 Å². The van der Waals surface area contributed by atoms with Crippen LogP contribution < -0.4 is 10.6 Å². The molecule has 3 N–H and O–H groups in total. The summed E-state index contributed by atoms with van der Waals surface area (Å²) in [5.41, 5.74) is -0.709. The molecule has 5 nitrogen and oxygen atoms in total. The molecule has 0 heterocycles. The van der Waals surface area contributed by atoms with Crippen LogP contribution in [0.2, 0.25) is 0 Å². The van der Waals surface area contributed by atoms with Gasteiger partial charge in [-0.25, -0.2) is 4.79 Å². The number of hydrogen-bond acceptors (Lipinski definition) is 2. The van der Waals surface area contributed by atoms with Crippen LogP contribution in [0, 0.1) is 5.92 Å². The van der Waals surface area contributed by atoms with Gasteiger partial charge in [0.2, 0.25) is 0 Å². The van der Waals surface area contributed by atoms with Gasteiger partial charge in [-0.2, -0.15) is 0 Å². The van der Waals surface area contributed by atoms with Crippen LogP contribution in [0.4, 0.5) is 4.79 Å². The molecule has 1 aliphatic carbocycles. The molecule has 1 rings (SSSR count). The molecule has 15 heavy (non-hydrogen) atoms. The molecular formula is C10H18N2O3. The normalized spacial score (nSPS) is 15.9. The quantitative estimate of drug-likeness (QED) is 0.637. The lowest BCUT2D eigenvalue weighted by atomic mass is 10.0. The zero-order valence-electron chi connectivity index (χ0n) is 9.17. The first kappa shape index (κ1) is 11.8. The number of amides is 2. The highest BCUT2D eigenvalue weighted by Crippen LogP contribution is 2.27. The summed E-state index contributed by atoms with van der Waals surface area (Å²) in [5.74, 6) is -0.291. The number of rotatable bonds is 5. The second kappa shape index (κ2) is 4.51. The van der Waals surface area contributed by atoms with Crippen molar-refractivity contribution in [2.45, 2.75) is 38.6 Å². The largest absolute Gasteiger partial charge is 0.481 e. The van der Waals surface area contributed by atoms with E-state index in [9.17, 15) is 9.59 Å². The Hall–Kier alpha value is -1.26. The Morgan fingerprint density at radius 2 is 2.00 bits per heavy atom. The van der Waals surface area contributed by atoms with Gasteiger partial charge in [0.15, 0.2) is 0 Å². The molecule has 86 valence electrons. The fraction of sp³-hybridized carbons (Fsp3) is 0.800. The maximum atomic E-state index is 11.4. The van der Waals surface area contributed by atoms with Crippen LogP contribution in [0.1, 0.15) is 33.1 Å². The molecule has 0 aromatic heterocycles. The lowest BCUT2D eigenvalue weighted by Gasteiger charge is -2.24. The van der Waals surface area contributed by atoms with Crippen LogP contribution in [0.15, 0.2) is 0 Å². The van der Waals surface area contributed by atoms with E-state index in [-0.39, 0.29) is 12.5 Å². The first-order valence-corrected chi connectivity index (χ1v) is 5.17. The molecule has 5 heteroatoms. The average Bonchev–Trinajstić information content (AvgIpc) is 2.79. The molecule has 0 aromatic rings. The second-order valence-corrected chi connectivity index (χ2v) is 4.73. The maximum Gasteiger partial charge on any atom is 0.315 e. The van der Waals surface area contributed by atoms with Gasteiger partial charge in [-0.1, -0.05) is 0 Å². The van der Waals surface area contributed by atoms with Crippen LogP contribution in [0.5, 0.6) is 0 Å². The van der Waals surface area contributed by atoms with Crippen molar-refractivity contribution < 1.29 is 14.7 Å².